The first-order valence-corrected chi connectivity index (χ1v) is 5.77. The zero-order valence-electron chi connectivity index (χ0n) is 9.46. The quantitative estimate of drug-likeness (QED) is 0.818. The summed E-state index contributed by atoms with van der Waals surface area (Å²) < 4.78 is 41.1. The lowest BCUT2D eigenvalue weighted by molar-refractivity contribution is -0.221. The van der Waals surface area contributed by atoms with E-state index in [1.807, 2.05) is 0 Å². The van der Waals surface area contributed by atoms with Gasteiger partial charge in [0.25, 0.3) is 0 Å². The van der Waals surface area contributed by atoms with Gasteiger partial charge < -0.3 is 9.84 Å². The van der Waals surface area contributed by atoms with Crippen LogP contribution in [0.15, 0.2) is 0 Å². The Kier molecular flexibility index (Phi) is 5.05. The molecule has 96 valence electrons. The first kappa shape index (κ1) is 13.8. The van der Waals surface area contributed by atoms with E-state index in [0.29, 0.717) is 0 Å². The summed E-state index contributed by atoms with van der Waals surface area (Å²) in [6.45, 7) is 0.749. The second-order valence-electron chi connectivity index (χ2n) is 4.48. The average Bonchev–Trinajstić information content (AvgIpc) is 2.25. The van der Waals surface area contributed by atoms with Crippen LogP contribution in [0.5, 0.6) is 0 Å². The molecule has 0 saturated heterocycles. The second-order valence-corrected chi connectivity index (χ2v) is 4.48. The molecule has 0 aliphatic heterocycles. The average molecular weight is 240 g/mol. The zero-order chi connectivity index (χ0) is 12.2. The molecule has 1 fully saturated rings. The van der Waals surface area contributed by atoms with E-state index in [1.54, 1.807) is 0 Å². The van der Waals surface area contributed by atoms with E-state index >= 15 is 0 Å². The van der Waals surface area contributed by atoms with Gasteiger partial charge in [0.1, 0.15) is 0 Å². The van der Waals surface area contributed by atoms with Gasteiger partial charge in [-0.05, 0) is 25.7 Å². The van der Waals surface area contributed by atoms with Crippen molar-refractivity contribution in [3.05, 3.63) is 0 Å². The maximum absolute atomic E-state index is 12.1. The van der Waals surface area contributed by atoms with Crippen molar-refractivity contribution in [1.82, 2.24) is 0 Å². The normalized spacial score (nSPS) is 23.1. The highest BCUT2D eigenvalue weighted by atomic mass is 19.4. The van der Waals surface area contributed by atoms with Crippen molar-refractivity contribution in [2.45, 2.75) is 57.4 Å². The van der Waals surface area contributed by atoms with Crippen molar-refractivity contribution in [2.75, 3.05) is 6.61 Å². The molecule has 2 nitrogen and oxygen atoms in total. The topological polar surface area (TPSA) is 29.5 Å². The molecule has 0 amide bonds. The van der Waals surface area contributed by atoms with Gasteiger partial charge in [0, 0.05) is 0 Å². The van der Waals surface area contributed by atoms with Gasteiger partial charge in [0.05, 0.1) is 12.7 Å². The Bertz CT molecular complexity index is 200. The number of ether oxygens (including phenoxy) is 1. The van der Waals surface area contributed by atoms with Gasteiger partial charge in [-0.3, -0.25) is 0 Å². The van der Waals surface area contributed by atoms with E-state index in [4.69, 9.17) is 0 Å². The molecular formula is C11H19F3O2. The van der Waals surface area contributed by atoms with E-state index in [9.17, 15) is 18.3 Å². The lowest BCUT2D eigenvalue weighted by Gasteiger charge is -2.27. The van der Waals surface area contributed by atoms with Crippen LogP contribution in [0.2, 0.25) is 0 Å². The Labute approximate surface area is 93.8 Å². The summed E-state index contributed by atoms with van der Waals surface area (Å²) in [5.41, 5.74) is 0. The highest BCUT2D eigenvalue weighted by Gasteiger charge is 2.37. The molecule has 0 spiro atoms. The third-order valence-electron chi connectivity index (χ3n) is 3.17. The fourth-order valence-corrected chi connectivity index (χ4v) is 1.99. The van der Waals surface area contributed by atoms with Gasteiger partial charge in [0.15, 0.2) is 6.10 Å². The third-order valence-corrected chi connectivity index (χ3v) is 3.17. The van der Waals surface area contributed by atoms with Crippen LogP contribution >= 0.6 is 0 Å². The van der Waals surface area contributed by atoms with E-state index in [1.165, 1.54) is 0 Å². The van der Waals surface area contributed by atoms with Crippen LogP contribution in [0.1, 0.15) is 39.0 Å². The summed E-state index contributed by atoms with van der Waals surface area (Å²) in [6, 6.07) is 0. The predicted molar refractivity (Wildman–Crippen MR) is 54.1 cm³/mol. The van der Waals surface area contributed by atoms with Gasteiger partial charge >= 0.3 is 6.18 Å². The number of alkyl halides is 3. The largest absolute Gasteiger partial charge is 0.414 e. The fourth-order valence-electron chi connectivity index (χ4n) is 1.99. The maximum Gasteiger partial charge on any atom is 0.414 e. The summed E-state index contributed by atoms with van der Waals surface area (Å²) in [5, 5.41) is 9.70. The molecule has 5 heteroatoms. The standard InChI is InChI=1S/C11H19F3O2/c1-8(11(12,13)14)16-7-10(15)9-5-3-2-4-6-9/h8-10,15H,2-7H2,1H3. The Morgan fingerprint density at radius 2 is 1.81 bits per heavy atom. The number of rotatable bonds is 4. The van der Waals surface area contributed by atoms with Gasteiger partial charge in [-0.15, -0.1) is 0 Å². The van der Waals surface area contributed by atoms with Crippen LogP contribution in [0.3, 0.4) is 0 Å². The van der Waals surface area contributed by atoms with E-state index in [2.05, 4.69) is 4.74 Å². The summed E-state index contributed by atoms with van der Waals surface area (Å²) in [4.78, 5) is 0. The zero-order valence-corrected chi connectivity index (χ0v) is 9.46. The smallest absolute Gasteiger partial charge is 0.390 e. The molecule has 0 aromatic carbocycles. The molecule has 1 saturated carbocycles. The van der Waals surface area contributed by atoms with Gasteiger partial charge in [-0.2, -0.15) is 13.2 Å². The molecule has 1 aliphatic carbocycles. The SMILES string of the molecule is CC(OCC(O)C1CCCCC1)C(F)(F)F. The van der Waals surface area contributed by atoms with Crippen LogP contribution in [-0.2, 0) is 4.74 Å². The van der Waals surface area contributed by atoms with E-state index in [-0.39, 0.29) is 12.5 Å². The monoisotopic (exact) mass is 240 g/mol. The first-order valence-electron chi connectivity index (χ1n) is 5.77. The number of halogens is 3. The molecule has 1 rings (SSSR count). The van der Waals surface area contributed by atoms with Crippen molar-refractivity contribution >= 4 is 0 Å². The number of aliphatic hydroxyl groups is 1. The van der Waals surface area contributed by atoms with Crippen molar-refractivity contribution in [3.63, 3.8) is 0 Å². The number of hydrogen-bond acceptors (Lipinski definition) is 2. The van der Waals surface area contributed by atoms with E-state index in [0.717, 1.165) is 39.0 Å². The third kappa shape index (κ3) is 4.29. The van der Waals surface area contributed by atoms with Crippen molar-refractivity contribution in [3.8, 4) is 0 Å². The molecular weight excluding hydrogens is 221 g/mol. The van der Waals surface area contributed by atoms with Crippen molar-refractivity contribution in [2.24, 2.45) is 5.92 Å². The first-order chi connectivity index (χ1) is 7.41. The Balaban J connectivity index is 2.26. The molecule has 1 aliphatic rings. The molecule has 1 N–H and O–H groups in total. The predicted octanol–water partition coefficient (Wildman–Crippen LogP) is 2.90. The number of aliphatic hydroxyl groups excluding tert-OH is 1. The summed E-state index contributed by atoms with van der Waals surface area (Å²) in [6.07, 6.45) is -1.85. The van der Waals surface area contributed by atoms with Crippen LogP contribution in [0.4, 0.5) is 13.2 Å². The lowest BCUT2D eigenvalue weighted by atomic mass is 9.85. The highest BCUT2D eigenvalue weighted by molar-refractivity contribution is 4.73. The molecule has 2 unspecified atom stereocenters. The van der Waals surface area contributed by atoms with E-state index < -0.39 is 18.4 Å². The fraction of sp³-hybridized carbons (Fsp3) is 1.00. The molecule has 0 bridgehead atoms. The van der Waals surface area contributed by atoms with Crippen LogP contribution in [-0.4, -0.2) is 30.1 Å². The highest BCUT2D eigenvalue weighted by Crippen LogP contribution is 2.28. The van der Waals surface area contributed by atoms with Gasteiger partial charge in [-0.1, -0.05) is 19.3 Å². The Morgan fingerprint density at radius 3 is 2.31 bits per heavy atom. The van der Waals surface area contributed by atoms with Gasteiger partial charge in [-0.25, -0.2) is 0 Å². The molecule has 0 aromatic rings. The van der Waals surface area contributed by atoms with Crippen LogP contribution in [0.25, 0.3) is 0 Å². The van der Waals surface area contributed by atoms with Gasteiger partial charge in [0.2, 0.25) is 0 Å². The Morgan fingerprint density at radius 1 is 1.25 bits per heavy atom. The van der Waals surface area contributed by atoms with Crippen LogP contribution < -0.4 is 0 Å². The Hall–Kier alpha value is -0.290. The summed E-state index contributed by atoms with van der Waals surface area (Å²) >= 11 is 0. The maximum atomic E-state index is 12.1. The molecule has 16 heavy (non-hydrogen) atoms. The number of hydrogen-bond donors (Lipinski definition) is 1. The summed E-state index contributed by atoms with van der Waals surface area (Å²) in [5.74, 6) is 0.106. The van der Waals surface area contributed by atoms with Crippen LogP contribution in [0, 0.1) is 5.92 Å². The molecule has 2 atom stereocenters. The molecule has 0 aromatic heterocycles. The minimum absolute atomic E-state index is 0.106. The minimum atomic E-state index is -4.34. The summed E-state index contributed by atoms with van der Waals surface area (Å²) in [7, 11) is 0. The molecule has 0 heterocycles. The minimum Gasteiger partial charge on any atom is -0.390 e. The van der Waals surface area contributed by atoms with Crippen molar-refractivity contribution in [1.29, 1.82) is 0 Å². The van der Waals surface area contributed by atoms with Crippen molar-refractivity contribution < 1.29 is 23.0 Å². The lowest BCUT2D eigenvalue weighted by Crippen LogP contribution is -2.34. The second kappa shape index (κ2) is 5.87. The molecule has 0 radical (unpaired) electrons.